The minimum absolute atomic E-state index is 0.0746. The van der Waals surface area contributed by atoms with Crippen molar-refractivity contribution in [2.75, 3.05) is 23.4 Å². The van der Waals surface area contributed by atoms with Gasteiger partial charge in [0.15, 0.2) is 0 Å². The fraction of sp³-hybridized carbons (Fsp3) is 0.429. The van der Waals surface area contributed by atoms with Gasteiger partial charge in [-0.25, -0.2) is 4.98 Å². The lowest BCUT2D eigenvalue weighted by Gasteiger charge is -2.22. The maximum Gasteiger partial charge on any atom is 0.225 e. The first-order valence-electron chi connectivity index (χ1n) is 6.69. The number of carbonyl (C=O) groups excluding carboxylic acids is 1. The molecule has 2 aromatic rings. The number of amides is 1. The number of thioether (sulfide) groups is 1. The molecule has 3 rings (SSSR count). The first-order valence-corrected chi connectivity index (χ1v) is 8.66. The zero-order valence-electron chi connectivity index (χ0n) is 11.3. The van der Waals surface area contributed by atoms with Crippen LogP contribution in [0, 0.1) is 6.92 Å². The van der Waals surface area contributed by atoms with Gasteiger partial charge in [0.05, 0.1) is 15.2 Å². The van der Waals surface area contributed by atoms with Gasteiger partial charge in [-0.05, 0) is 25.1 Å². The number of fused-ring (bicyclic) bond motifs is 1. The number of nitrogens with one attached hydrogen (secondary N) is 2. The second-order valence-electron chi connectivity index (χ2n) is 4.89. The number of carbonyl (C=O) groups is 1. The number of rotatable bonds is 3. The van der Waals surface area contributed by atoms with E-state index in [1.807, 2.05) is 36.9 Å². The van der Waals surface area contributed by atoms with Gasteiger partial charge in [-0.2, -0.15) is 11.8 Å². The van der Waals surface area contributed by atoms with Crippen molar-refractivity contribution in [3.8, 4) is 0 Å². The van der Waals surface area contributed by atoms with E-state index < -0.39 is 0 Å². The maximum absolute atomic E-state index is 12.0. The topological polar surface area (TPSA) is 54.0 Å². The van der Waals surface area contributed by atoms with Gasteiger partial charge >= 0.3 is 0 Å². The fourth-order valence-electron chi connectivity index (χ4n) is 2.30. The summed E-state index contributed by atoms with van der Waals surface area (Å²) in [4.78, 5) is 16.5. The summed E-state index contributed by atoms with van der Waals surface area (Å²) < 4.78 is 1.12. The van der Waals surface area contributed by atoms with E-state index in [0.717, 1.165) is 39.0 Å². The van der Waals surface area contributed by atoms with Crippen LogP contribution in [-0.2, 0) is 4.79 Å². The Bertz CT molecular complexity index is 620. The van der Waals surface area contributed by atoms with Gasteiger partial charge in [0.1, 0.15) is 0 Å². The Kier molecular flexibility index (Phi) is 4.24. The van der Waals surface area contributed by atoms with E-state index in [1.165, 1.54) is 0 Å². The first-order chi connectivity index (χ1) is 9.70. The lowest BCUT2D eigenvalue weighted by atomic mass is 10.2. The summed E-state index contributed by atoms with van der Waals surface area (Å²) in [6.07, 6.45) is 0.534. The molecule has 0 spiro atoms. The van der Waals surface area contributed by atoms with Crippen LogP contribution in [0.5, 0.6) is 0 Å². The molecule has 0 aliphatic carbocycles. The summed E-state index contributed by atoms with van der Waals surface area (Å²) in [7, 11) is 0. The van der Waals surface area contributed by atoms with Gasteiger partial charge < -0.3 is 10.6 Å². The molecule has 4 nitrogen and oxygen atoms in total. The summed E-state index contributed by atoms with van der Waals surface area (Å²) in [6.45, 7) is 2.99. The number of anilines is 1. The molecular weight excluding hydrogens is 290 g/mol. The maximum atomic E-state index is 12.0. The molecule has 106 valence electrons. The van der Waals surface area contributed by atoms with E-state index in [2.05, 4.69) is 15.6 Å². The van der Waals surface area contributed by atoms with Crippen molar-refractivity contribution in [2.45, 2.75) is 19.4 Å². The highest BCUT2D eigenvalue weighted by Gasteiger charge is 2.16. The molecule has 1 aliphatic rings. The molecule has 1 aromatic carbocycles. The van der Waals surface area contributed by atoms with Crippen molar-refractivity contribution in [1.82, 2.24) is 10.3 Å². The molecule has 2 N–H and O–H groups in total. The Morgan fingerprint density at radius 3 is 3.25 bits per heavy atom. The van der Waals surface area contributed by atoms with Crippen LogP contribution in [0.2, 0.25) is 0 Å². The van der Waals surface area contributed by atoms with Gasteiger partial charge in [0.25, 0.3) is 0 Å². The second-order valence-corrected chi connectivity index (χ2v) is 7.28. The van der Waals surface area contributed by atoms with Crippen molar-refractivity contribution >= 4 is 44.9 Å². The highest BCUT2D eigenvalue weighted by molar-refractivity contribution is 7.99. The molecular formula is C14H17N3OS2. The molecule has 2 heterocycles. The number of benzene rings is 1. The van der Waals surface area contributed by atoms with E-state index in [0.29, 0.717) is 12.5 Å². The molecule has 0 saturated carbocycles. The number of aryl methyl sites for hydroxylation is 1. The van der Waals surface area contributed by atoms with Crippen molar-refractivity contribution in [1.29, 1.82) is 0 Å². The van der Waals surface area contributed by atoms with E-state index in [-0.39, 0.29) is 5.91 Å². The average Bonchev–Trinajstić information content (AvgIpc) is 2.79. The van der Waals surface area contributed by atoms with Crippen LogP contribution in [0.15, 0.2) is 18.2 Å². The van der Waals surface area contributed by atoms with Crippen LogP contribution >= 0.6 is 23.1 Å². The normalized spacial score (nSPS) is 19.1. The Labute approximate surface area is 126 Å². The third-order valence-electron chi connectivity index (χ3n) is 3.21. The van der Waals surface area contributed by atoms with E-state index >= 15 is 0 Å². The summed E-state index contributed by atoms with van der Waals surface area (Å²) in [5.41, 5.74) is 1.85. The van der Waals surface area contributed by atoms with Crippen LogP contribution < -0.4 is 10.6 Å². The molecule has 6 heteroatoms. The third-order valence-corrected chi connectivity index (χ3v) is 5.27. The molecule has 1 unspecified atom stereocenters. The smallest absolute Gasteiger partial charge is 0.225 e. The number of nitrogens with zero attached hydrogens (tertiary/aromatic N) is 1. The van der Waals surface area contributed by atoms with E-state index in [4.69, 9.17) is 0 Å². The van der Waals surface area contributed by atoms with Crippen LogP contribution in [0.25, 0.3) is 10.2 Å². The van der Waals surface area contributed by atoms with Crippen LogP contribution in [0.3, 0.4) is 0 Å². The second kappa shape index (κ2) is 6.11. The van der Waals surface area contributed by atoms with E-state index in [1.54, 1.807) is 11.3 Å². The molecule has 1 saturated heterocycles. The molecule has 1 aliphatic heterocycles. The highest BCUT2D eigenvalue weighted by atomic mass is 32.2. The van der Waals surface area contributed by atoms with Crippen LogP contribution in [0.4, 0.5) is 5.69 Å². The number of aromatic nitrogens is 1. The van der Waals surface area contributed by atoms with Crippen LogP contribution in [0.1, 0.15) is 11.4 Å². The molecule has 0 bridgehead atoms. The Morgan fingerprint density at radius 1 is 1.55 bits per heavy atom. The largest absolute Gasteiger partial charge is 0.326 e. The zero-order chi connectivity index (χ0) is 13.9. The summed E-state index contributed by atoms with van der Waals surface area (Å²) in [5.74, 6) is 2.23. The molecule has 1 aromatic heterocycles. The lowest BCUT2D eigenvalue weighted by Crippen LogP contribution is -2.39. The monoisotopic (exact) mass is 307 g/mol. The minimum Gasteiger partial charge on any atom is -0.326 e. The fourth-order valence-corrected chi connectivity index (χ4v) is 4.12. The predicted octanol–water partition coefficient (Wildman–Crippen LogP) is 2.64. The van der Waals surface area contributed by atoms with Crippen molar-refractivity contribution in [2.24, 2.45) is 0 Å². The zero-order valence-corrected chi connectivity index (χ0v) is 12.9. The van der Waals surface area contributed by atoms with Crippen molar-refractivity contribution in [3.05, 3.63) is 23.2 Å². The lowest BCUT2D eigenvalue weighted by molar-refractivity contribution is -0.116. The summed E-state index contributed by atoms with van der Waals surface area (Å²) in [6, 6.07) is 6.18. The Balaban J connectivity index is 1.64. The van der Waals surface area contributed by atoms with Gasteiger partial charge in [-0.3, -0.25) is 4.79 Å². The molecule has 1 atom stereocenters. The third kappa shape index (κ3) is 3.31. The Morgan fingerprint density at radius 2 is 2.45 bits per heavy atom. The number of hydrogen-bond acceptors (Lipinski definition) is 5. The van der Waals surface area contributed by atoms with Crippen LogP contribution in [-0.4, -0.2) is 35.0 Å². The number of thiazole rings is 1. The van der Waals surface area contributed by atoms with Gasteiger partial charge in [0.2, 0.25) is 5.91 Å². The Hall–Kier alpha value is -1.11. The summed E-state index contributed by atoms with van der Waals surface area (Å²) in [5, 5.41) is 7.41. The van der Waals surface area contributed by atoms with Crippen molar-refractivity contribution in [3.63, 3.8) is 0 Å². The summed E-state index contributed by atoms with van der Waals surface area (Å²) >= 11 is 3.56. The standard InChI is InChI=1S/C14H17N3OS2/c1-9-16-12-3-2-10(6-13(12)20-9)17-14(18)7-11-8-19-5-4-15-11/h2-3,6,11,15H,4-5,7-8H2,1H3,(H,17,18). The predicted molar refractivity (Wildman–Crippen MR) is 86.7 cm³/mol. The van der Waals surface area contributed by atoms with Gasteiger partial charge in [-0.15, -0.1) is 11.3 Å². The molecule has 20 heavy (non-hydrogen) atoms. The van der Waals surface area contributed by atoms with Gasteiger partial charge in [0, 0.05) is 36.2 Å². The van der Waals surface area contributed by atoms with Gasteiger partial charge in [-0.1, -0.05) is 0 Å². The molecule has 1 amide bonds. The molecule has 1 fully saturated rings. The van der Waals surface area contributed by atoms with Crippen molar-refractivity contribution < 1.29 is 4.79 Å². The quantitative estimate of drug-likeness (QED) is 0.915. The highest BCUT2D eigenvalue weighted by Crippen LogP contribution is 2.24. The first kappa shape index (κ1) is 13.9. The molecule has 0 radical (unpaired) electrons. The minimum atomic E-state index is 0.0746. The van der Waals surface area contributed by atoms with E-state index in [9.17, 15) is 4.79 Å². The average molecular weight is 307 g/mol. The SMILES string of the molecule is Cc1nc2ccc(NC(=O)CC3CSCCN3)cc2s1. The number of hydrogen-bond donors (Lipinski definition) is 2.